The molecule has 82 valence electrons. The summed E-state index contributed by atoms with van der Waals surface area (Å²) >= 11 is 0. The number of aromatic nitrogens is 1. The SMILES string of the molecule is CCCn1cccc1C(=O)NC1CC1N. The number of amides is 1. The predicted octanol–water partition coefficient (Wildman–Crippen LogP) is 0.728. The molecule has 3 N–H and O–H groups in total. The van der Waals surface area contributed by atoms with Crippen molar-refractivity contribution in [3.8, 4) is 0 Å². The van der Waals surface area contributed by atoms with Gasteiger partial charge in [0.25, 0.3) is 5.91 Å². The molecule has 4 nitrogen and oxygen atoms in total. The van der Waals surface area contributed by atoms with Crippen LogP contribution in [0.1, 0.15) is 30.3 Å². The summed E-state index contributed by atoms with van der Waals surface area (Å²) in [5.41, 5.74) is 6.38. The third kappa shape index (κ3) is 2.21. The summed E-state index contributed by atoms with van der Waals surface area (Å²) in [6.45, 7) is 2.98. The largest absolute Gasteiger partial charge is 0.346 e. The highest BCUT2D eigenvalue weighted by Gasteiger charge is 2.35. The second-order valence-electron chi connectivity index (χ2n) is 4.07. The molecule has 4 heteroatoms. The number of carbonyl (C=O) groups is 1. The van der Waals surface area contributed by atoms with Crippen molar-refractivity contribution < 1.29 is 4.79 Å². The maximum Gasteiger partial charge on any atom is 0.268 e. The summed E-state index contributed by atoms with van der Waals surface area (Å²) < 4.78 is 1.98. The highest BCUT2D eigenvalue weighted by Crippen LogP contribution is 2.18. The molecule has 0 aliphatic heterocycles. The topological polar surface area (TPSA) is 60.0 Å². The Balaban J connectivity index is 2.01. The van der Waals surface area contributed by atoms with Crippen molar-refractivity contribution in [1.29, 1.82) is 0 Å². The molecule has 2 atom stereocenters. The fourth-order valence-electron chi connectivity index (χ4n) is 1.68. The first-order valence-corrected chi connectivity index (χ1v) is 5.44. The van der Waals surface area contributed by atoms with Crippen LogP contribution in [0, 0.1) is 0 Å². The molecule has 0 saturated heterocycles. The molecular formula is C11H17N3O. The normalized spacial score (nSPS) is 23.9. The minimum atomic E-state index is -0.00796. The average molecular weight is 207 g/mol. The van der Waals surface area contributed by atoms with E-state index in [1.165, 1.54) is 0 Å². The van der Waals surface area contributed by atoms with Crippen LogP contribution in [0.25, 0.3) is 0 Å². The molecule has 0 radical (unpaired) electrons. The van der Waals surface area contributed by atoms with E-state index in [1.807, 2.05) is 22.9 Å². The molecule has 2 rings (SSSR count). The van der Waals surface area contributed by atoms with Crippen molar-refractivity contribution >= 4 is 5.91 Å². The van der Waals surface area contributed by atoms with E-state index >= 15 is 0 Å². The van der Waals surface area contributed by atoms with E-state index in [4.69, 9.17) is 5.73 Å². The Kier molecular flexibility index (Phi) is 2.77. The van der Waals surface area contributed by atoms with Gasteiger partial charge >= 0.3 is 0 Å². The predicted molar refractivity (Wildman–Crippen MR) is 58.6 cm³/mol. The number of rotatable bonds is 4. The Morgan fingerprint density at radius 3 is 3.07 bits per heavy atom. The highest BCUT2D eigenvalue weighted by molar-refractivity contribution is 5.93. The van der Waals surface area contributed by atoms with Gasteiger partial charge in [0.15, 0.2) is 0 Å². The lowest BCUT2D eigenvalue weighted by Gasteiger charge is -2.07. The Bertz CT molecular complexity index is 358. The molecule has 15 heavy (non-hydrogen) atoms. The second-order valence-corrected chi connectivity index (χ2v) is 4.07. The summed E-state index contributed by atoms with van der Waals surface area (Å²) in [5.74, 6) is -0.00796. The molecule has 1 aromatic heterocycles. The smallest absolute Gasteiger partial charge is 0.268 e. The maximum absolute atomic E-state index is 11.8. The minimum Gasteiger partial charge on any atom is -0.346 e. The van der Waals surface area contributed by atoms with Crippen LogP contribution >= 0.6 is 0 Å². The number of hydrogen-bond donors (Lipinski definition) is 2. The number of aryl methyl sites for hydroxylation is 1. The summed E-state index contributed by atoms with van der Waals surface area (Å²) in [5, 5.41) is 2.92. The Morgan fingerprint density at radius 1 is 1.73 bits per heavy atom. The molecule has 0 aromatic carbocycles. The third-order valence-corrected chi connectivity index (χ3v) is 2.68. The van der Waals surface area contributed by atoms with Crippen LogP contribution in [0.15, 0.2) is 18.3 Å². The van der Waals surface area contributed by atoms with Gasteiger partial charge < -0.3 is 15.6 Å². The first-order chi connectivity index (χ1) is 7.22. The summed E-state index contributed by atoms with van der Waals surface area (Å²) in [4.78, 5) is 11.8. The van der Waals surface area contributed by atoms with E-state index < -0.39 is 0 Å². The van der Waals surface area contributed by atoms with Crippen molar-refractivity contribution in [2.75, 3.05) is 0 Å². The van der Waals surface area contributed by atoms with Crippen molar-refractivity contribution in [1.82, 2.24) is 9.88 Å². The van der Waals surface area contributed by atoms with Crippen molar-refractivity contribution in [2.45, 2.75) is 38.4 Å². The lowest BCUT2D eigenvalue weighted by Crippen LogP contribution is -2.31. The highest BCUT2D eigenvalue weighted by atomic mass is 16.2. The van der Waals surface area contributed by atoms with Gasteiger partial charge in [0.2, 0.25) is 0 Å². The number of nitrogens with two attached hydrogens (primary N) is 1. The summed E-state index contributed by atoms with van der Waals surface area (Å²) in [6.07, 6.45) is 3.86. The molecule has 1 aliphatic rings. The van der Waals surface area contributed by atoms with Gasteiger partial charge in [-0.15, -0.1) is 0 Å². The fourth-order valence-corrected chi connectivity index (χ4v) is 1.68. The number of nitrogens with zero attached hydrogens (tertiary/aromatic N) is 1. The van der Waals surface area contributed by atoms with Gasteiger partial charge in [-0.3, -0.25) is 4.79 Å². The van der Waals surface area contributed by atoms with E-state index in [-0.39, 0.29) is 18.0 Å². The van der Waals surface area contributed by atoms with E-state index in [2.05, 4.69) is 12.2 Å². The molecule has 1 aromatic rings. The summed E-state index contributed by atoms with van der Waals surface area (Å²) in [6, 6.07) is 4.09. The van der Waals surface area contributed by atoms with E-state index in [0.717, 1.165) is 25.1 Å². The van der Waals surface area contributed by atoms with Gasteiger partial charge in [-0.2, -0.15) is 0 Å². The van der Waals surface area contributed by atoms with E-state index in [1.54, 1.807) is 0 Å². The molecule has 0 bridgehead atoms. The van der Waals surface area contributed by atoms with Gasteiger partial charge in [0.05, 0.1) is 0 Å². The molecular weight excluding hydrogens is 190 g/mol. The molecule has 2 unspecified atom stereocenters. The van der Waals surface area contributed by atoms with Gasteiger partial charge in [-0.1, -0.05) is 6.92 Å². The average Bonchev–Trinajstić information content (AvgIpc) is 2.72. The van der Waals surface area contributed by atoms with E-state index in [9.17, 15) is 4.79 Å². The molecule has 0 spiro atoms. The Hall–Kier alpha value is -1.29. The second kappa shape index (κ2) is 4.06. The zero-order chi connectivity index (χ0) is 10.8. The summed E-state index contributed by atoms with van der Waals surface area (Å²) in [7, 11) is 0. The first kappa shape index (κ1) is 10.2. The van der Waals surface area contributed by atoms with Crippen LogP contribution in [-0.2, 0) is 6.54 Å². The number of hydrogen-bond acceptors (Lipinski definition) is 2. The van der Waals surface area contributed by atoms with Crippen LogP contribution in [0.3, 0.4) is 0 Å². The minimum absolute atomic E-state index is 0.00796. The molecule has 1 amide bonds. The van der Waals surface area contributed by atoms with Crippen LogP contribution < -0.4 is 11.1 Å². The van der Waals surface area contributed by atoms with Crippen LogP contribution in [-0.4, -0.2) is 22.6 Å². The third-order valence-electron chi connectivity index (χ3n) is 2.68. The lowest BCUT2D eigenvalue weighted by atomic mass is 10.3. The van der Waals surface area contributed by atoms with Gasteiger partial charge in [0, 0.05) is 24.8 Å². The first-order valence-electron chi connectivity index (χ1n) is 5.44. The van der Waals surface area contributed by atoms with Crippen LogP contribution in [0.5, 0.6) is 0 Å². The maximum atomic E-state index is 11.8. The Labute approximate surface area is 89.5 Å². The quantitative estimate of drug-likeness (QED) is 0.764. The zero-order valence-electron chi connectivity index (χ0n) is 8.94. The number of nitrogens with one attached hydrogen (secondary N) is 1. The van der Waals surface area contributed by atoms with Crippen LogP contribution in [0.4, 0.5) is 0 Å². The van der Waals surface area contributed by atoms with Crippen molar-refractivity contribution in [3.05, 3.63) is 24.0 Å². The zero-order valence-corrected chi connectivity index (χ0v) is 8.94. The van der Waals surface area contributed by atoms with Crippen molar-refractivity contribution in [3.63, 3.8) is 0 Å². The monoisotopic (exact) mass is 207 g/mol. The molecule has 1 heterocycles. The fraction of sp³-hybridized carbons (Fsp3) is 0.545. The molecule has 1 fully saturated rings. The molecule has 1 saturated carbocycles. The van der Waals surface area contributed by atoms with Gasteiger partial charge in [-0.05, 0) is 25.0 Å². The lowest BCUT2D eigenvalue weighted by molar-refractivity contribution is 0.0941. The van der Waals surface area contributed by atoms with Gasteiger partial charge in [0.1, 0.15) is 5.69 Å². The molecule has 1 aliphatic carbocycles. The Morgan fingerprint density at radius 2 is 2.47 bits per heavy atom. The standard InChI is InChI=1S/C11H17N3O/c1-2-5-14-6-3-4-10(14)11(15)13-9-7-8(9)12/h3-4,6,8-9H,2,5,7,12H2,1H3,(H,13,15). The van der Waals surface area contributed by atoms with E-state index in [0.29, 0.717) is 0 Å². The number of carbonyl (C=O) groups excluding carboxylic acids is 1. The van der Waals surface area contributed by atoms with Crippen molar-refractivity contribution in [2.24, 2.45) is 5.73 Å². The van der Waals surface area contributed by atoms with Gasteiger partial charge in [-0.25, -0.2) is 0 Å². The van der Waals surface area contributed by atoms with Crippen LogP contribution in [0.2, 0.25) is 0 Å².